The number of halogens is 2. The van der Waals surface area contributed by atoms with Gasteiger partial charge in [0.1, 0.15) is 5.82 Å². The molecular weight excluding hydrogens is 255 g/mol. The van der Waals surface area contributed by atoms with Crippen LogP contribution in [0.15, 0.2) is 18.2 Å². The molecule has 0 bridgehead atoms. The third-order valence-corrected chi connectivity index (χ3v) is 3.81. The summed E-state index contributed by atoms with van der Waals surface area (Å²) in [4.78, 5) is 12.1. The van der Waals surface area contributed by atoms with Crippen LogP contribution >= 0.6 is 11.6 Å². The summed E-state index contributed by atoms with van der Waals surface area (Å²) in [6.45, 7) is 2.22. The Labute approximate surface area is 111 Å². The average molecular weight is 271 g/mol. The van der Waals surface area contributed by atoms with Gasteiger partial charge in [0.05, 0.1) is 16.1 Å². The molecular formula is C13H16ClFN2O. The Balaban J connectivity index is 2.21. The number of carbonyl (C=O) groups excluding carboxylic acids is 1. The van der Waals surface area contributed by atoms with E-state index in [2.05, 4.69) is 5.32 Å². The molecule has 1 aromatic carbocycles. The SMILES string of the molecule is CC(CN)(NC(=O)c1c(F)cccc1Cl)C1CC1. The highest BCUT2D eigenvalue weighted by Crippen LogP contribution is 2.39. The maximum Gasteiger partial charge on any atom is 0.256 e. The molecule has 5 heteroatoms. The largest absolute Gasteiger partial charge is 0.345 e. The van der Waals surface area contributed by atoms with Crippen LogP contribution in [0.5, 0.6) is 0 Å². The van der Waals surface area contributed by atoms with Crippen LogP contribution in [0.3, 0.4) is 0 Å². The Bertz CT molecular complexity index is 456. The van der Waals surface area contributed by atoms with Crippen LogP contribution in [0.2, 0.25) is 5.02 Å². The van der Waals surface area contributed by atoms with E-state index in [1.165, 1.54) is 18.2 Å². The van der Waals surface area contributed by atoms with Gasteiger partial charge in [0.15, 0.2) is 0 Å². The molecule has 1 fully saturated rings. The highest BCUT2D eigenvalue weighted by atomic mass is 35.5. The van der Waals surface area contributed by atoms with Crippen molar-refractivity contribution < 1.29 is 9.18 Å². The molecule has 1 saturated carbocycles. The second kappa shape index (κ2) is 4.86. The number of rotatable bonds is 4. The Morgan fingerprint density at radius 3 is 2.78 bits per heavy atom. The third kappa shape index (κ3) is 2.49. The van der Waals surface area contributed by atoms with Gasteiger partial charge in [-0.1, -0.05) is 17.7 Å². The quantitative estimate of drug-likeness (QED) is 0.882. The smallest absolute Gasteiger partial charge is 0.256 e. The zero-order valence-corrected chi connectivity index (χ0v) is 10.9. The van der Waals surface area contributed by atoms with Crippen molar-refractivity contribution in [3.8, 4) is 0 Å². The second-order valence-corrected chi connectivity index (χ2v) is 5.35. The molecule has 0 saturated heterocycles. The molecule has 3 N–H and O–H groups in total. The average Bonchev–Trinajstić information content (AvgIpc) is 3.12. The van der Waals surface area contributed by atoms with Gasteiger partial charge in [-0.15, -0.1) is 0 Å². The summed E-state index contributed by atoms with van der Waals surface area (Å²) in [5.74, 6) is -0.745. The lowest BCUT2D eigenvalue weighted by Crippen LogP contribution is -2.53. The first-order chi connectivity index (χ1) is 8.48. The summed E-state index contributed by atoms with van der Waals surface area (Å²) in [6, 6.07) is 4.19. The molecule has 2 rings (SSSR count). The van der Waals surface area contributed by atoms with E-state index in [1.807, 2.05) is 6.92 Å². The molecule has 0 heterocycles. The molecule has 1 aliphatic carbocycles. The Kier molecular flexibility index (Phi) is 3.59. The maximum atomic E-state index is 13.6. The summed E-state index contributed by atoms with van der Waals surface area (Å²) < 4.78 is 13.6. The van der Waals surface area contributed by atoms with E-state index in [-0.39, 0.29) is 10.6 Å². The van der Waals surface area contributed by atoms with Gasteiger partial charge in [-0.3, -0.25) is 4.79 Å². The molecule has 18 heavy (non-hydrogen) atoms. The summed E-state index contributed by atoms with van der Waals surface area (Å²) in [5.41, 5.74) is 5.11. The Morgan fingerprint density at radius 1 is 1.61 bits per heavy atom. The third-order valence-electron chi connectivity index (χ3n) is 3.49. The van der Waals surface area contributed by atoms with Gasteiger partial charge in [-0.05, 0) is 37.8 Å². The van der Waals surface area contributed by atoms with E-state index in [0.29, 0.717) is 12.5 Å². The molecule has 98 valence electrons. The normalized spacial score (nSPS) is 18.2. The van der Waals surface area contributed by atoms with Crippen molar-refractivity contribution in [3.05, 3.63) is 34.6 Å². The van der Waals surface area contributed by atoms with E-state index in [0.717, 1.165) is 12.8 Å². The minimum atomic E-state index is -0.616. The predicted molar refractivity (Wildman–Crippen MR) is 69.1 cm³/mol. The van der Waals surface area contributed by atoms with Crippen molar-refractivity contribution in [1.82, 2.24) is 5.32 Å². The van der Waals surface area contributed by atoms with Crippen LogP contribution in [0.4, 0.5) is 4.39 Å². The lowest BCUT2D eigenvalue weighted by molar-refractivity contribution is 0.0894. The van der Waals surface area contributed by atoms with Gasteiger partial charge in [-0.2, -0.15) is 0 Å². The lowest BCUT2D eigenvalue weighted by atomic mass is 9.95. The van der Waals surface area contributed by atoms with Crippen molar-refractivity contribution >= 4 is 17.5 Å². The van der Waals surface area contributed by atoms with Crippen LogP contribution in [0.1, 0.15) is 30.1 Å². The molecule has 0 aromatic heterocycles. The lowest BCUT2D eigenvalue weighted by Gasteiger charge is -2.29. The van der Waals surface area contributed by atoms with Crippen LogP contribution in [0.25, 0.3) is 0 Å². The number of nitrogens with two attached hydrogens (primary N) is 1. The summed E-state index contributed by atoms with van der Waals surface area (Å²) in [6.07, 6.45) is 2.08. The molecule has 0 aliphatic heterocycles. The van der Waals surface area contributed by atoms with Gasteiger partial charge in [0, 0.05) is 6.54 Å². The Morgan fingerprint density at radius 2 is 2.28 bits per heavy atom. The number of amides is 1. The summed E-state index contributed by atoms with van der Waals surface area (Å²) >= 11 is 5.86. The fourth-order valence-corrected chi connectivity index (χ4v) is 2.33. The summed E-state index contributed by atoms with van der Waals surface area (Å²) in [5, 5.41) is 2.93. The number of benzene rings is 1. The zero-order valence-electron chi connectivity index (χ0n) is 10.2. The number of carbonyl (C=O) groups is 1. The topological polar surface area (TPSA) is 55.1 Å². The van der Waals surface area contributed by atoms with E-state index < -0.39 is 17.3 Å². The number of nitrogens with one attached hydrogen (secondary N) is 1. The number of hydrogen-bond acceptors (Lipinski definition) is 2. The van der Waals surface area contributed by atoms with Crippen LogP contribution < -0.4 is 11.1 Å². The van der Waals surface area contributed by atoms with Gasteiger partial charge in [-0.25, -0.2) is 4.39 Å². The fourth-order valence-electron chi connectivity index (χ4n) is 2.08. The predicted octanol–water partition coefficient (Wildman–Crippen LogP) is 2.34. The minimum absolute atomic E-state index is 0.112. The first kappa shape index (κ1) is 13.3. The van der Waals surface area contributed by atoms with E-state index >= 15 is 0 Å². The molecule has 1 atom stereocenters. The molecule has 3 nitrogen and oxygen atoms in total. The Hall–Kier alpha value is -1.13. The standard InChI is InChI=1S/C13H16ClFN2O/c1-13(7-16,8-5-6-8)17-12(18)11-9(14)3-2-4-10(11)15/h2-4,8H,5-7,16H2,1H3,(H,17,18). The molecule has 1 aliphatic rings. The maximum absolute atomic E-state index is 13.6. The van der Waals surface area contributed by atoms with Gasteiger partial charge in [0.25, 0.3) is 5.91 Å². The minimum Gasteiger partial charge on any atom is -0.345 e. The second-order valence-electron chi connectivity index (χ2n) is 4.95. The van der Waals surface area contributed by atoms with Crippen LogP contribution in [-0.4, -0.2) is 18.0 Å². The van der Waals surface area contributed by atoms with Crippen LogP contribution in [0, 0.1) is 11.7 Å². The van der Waals surface area contributed by atoms with E-state index in [1.54, 1.807) is 0 Å². The molecule has 1 unspecified atom stereocenters. The monoisotopic (exact) mass is 270 g/mol. The highest BCUT2D eigenvalue weighted by Gasteiger charge is 2.42. The first-order valence-electron chi connectivity index (χ1n) is 5.94. The molecule has 0 radical (unpaired) electrons. The fraction of sp³-hybridized carbons (Fsp3) is 0.462. The molecule has 1 aromatic rings. The highest BCUT2D eigenvalue weighted by molar-refractivity contribution is 6.33. The van der Waals surface area contributed by atoms with Crippen molar-refractivity contribution in [3.63, 3.8) is 0 Å². The van der Waals surface area contributed by atoms with Crippen molar-refractivity contribution in [2.75, 3.05) is 6.54 Å². The van der Waals surface area contributed by atoms with Gasteiger partial charge < -0.3 is 11.1 Å². The molecule has 1 amide bonds. The summed E-state index contributed by atoms with van der Waals surface area (Å²) in [7, 11) is 0. The van der Waals surface area contributed by atoms with Crippen LogP contribution in [-0.2, 0) is 0 Å². The number of hydrogen-bond donors (Lipinski definition) is 2. The van der Waals surface area contributed by atoms with Crippen molar-refractivity contribution in [2.24, 2.45) is 11.7 Å². The van der Waals surface area contributed by atoms with Gasteiger partial charge in [0.2, 0.25) is 0 Å². The molecule has 0 spiro atoms. The van der Waals surface area contributed by atoms with E-state index in [4.69, 9.17) is 17.3 Å². The van der Waals surface area contributed by atoms with E-state index in [9.17, 15) is 9.18 Å². The van der Waals surface area contributed by atoms with Crippen molar-refractivity contribution in [2.45, 2.75) is 25.3 Å². The zero-order chi connectivity index (χ0) is 13.3. The van der Waals surface area contributed by atoms with Crippen molar-refractivity contribution in [1.29, 1.82) is 0 Å². The first-order valence-corrected chi connectivity index (χ1v) is 6.32. The van der Waals surface area contributed by atoms with Gasteiger partial charge >= 0.3 is 0 Å².